The molecule has 0 aliphatic heterocycles. The number of aryl methyl sites for hydroxylation is 1. The number of likely N-dealkylation sites (N-methyl/N-ethyl adjacent to an activating group) is 1. The Hall–Kier alpha value is -1.36. The van der Waals surface area contributed by atoms with E-state index in [1.807, 2.05) is 20.0 Å². The second kappa shape index (κ2) is 7.06. The van der Waals surface area contributed by atoms with E-state index in [4.69, 9.17) is 0 Å². The summed E-state index contributed by atoms with van der Waals surface area (Å²) in [6.07, 6.45) is 1.84. The maximum Gasteiger partial charge on any atom is 0.224 e. The van der Waals surface area contributed by atoms with Crippen molar-refractivity contribution >= 4 is 11.8 Å². The Labute approximate surface area is 104 Å². The van der Waals surface area contributed by atoms with Gasteiger partial charge in [-0.05, 0) is 27.4 Å². The molecule has 0 aliphatic carbocycles. The van der Waals surface area contributed by atoms with Crippen molar-refractivity contribution in [3.8, 4) is 0 Å². The molecule has 0 aromatic carbocycles. The van der Waals surface area contributed by atoms with E-state index in [0.29, 0.717) is 5.95 Å². The fourth-order valence-corrected chi connectivity index (χ4v) is 1.39. The summed E-state index contributed by atoms with van der Waals surface area (Å²) >= 11 is 0. The molecule has 5 nitrogen and oxygen atoms in total. The molecule has 1 heterocycles. The van der Waals surface area contributed by atoms with Crippen LogP contribution in [0.25, 0.3) is 0 Å². The molecular formula is C12H23N5. The van der Waals surface area contributed by atoms with Crippen LogP contribution in [0.15, 0.2) is 6.20 Å². The maximum atomic E-state index is 4.43. The lowest BCUT2D eigenvalue weighted by Crippen LogP contribution is -2.25. The van der Waals surface area contributed by atoms with Gasteiger partial charge in [-0.1, -0.05) is 6.92 Å². The summed E-state index contributed by atoms with van der Waals surface area (Å²) in [6.45, 7) is 10.0. The maximum absolute atomic E-state index is 4.43. The topological polar surface area (TPSA) is 53.1 Å². The zero-order chi connectivity index (χ0) is 12.7. The van der Waals surface area contributed by atoms with Gasteiger partial charge in [-0.2, -0.15) is 4.98 Å². The summed E-state index contributed by atoms with van der Waals surface area (Å²) in [6, 6.07) is 0. The quantitative estimate of drug-likeness (QED) is 0.754. The van der Waals surface area contributed by atoms with Crippen LogP contribution in [0.5, 0.6) is 0 Å². The van der Waals surface area contributed by atoms with Crippen molar-refractivity contribution < 1.29 is 0 Å². The van der Waals surface area contributed by atoms with Crippen molar-refractivity contribution in [2.24, 2.45) is 0 Å². The number of hydrogen-bond donors (Lipinski definition) is 2. The van der Waals surface area contributed by atoms with Crippen LogP contribution in [-0.4, -0.2) is 48.1 Å². The number of hydrogen-bond acceptors (Lipinski definition) is 5. The van der Waals surface area contributed by atoms with Gasteiger partial charge in [-0.3, -0.25) is 0 Å². The molecule has 0 unspecified atom stereocenters. The van der Waals surface area contributed by atoms with E-state index in [-0.39, 0.29) is 0 Å². The molecule has 1 rings (SSSR count). The van der Waals surface area contributed by atoms with Crippen LogP contribution in [0.4, 0.5) is 11.8 Å². The molecule has 17 heavy (non-hydrogen) atoms. The highest BCUT2D eigenvalue weighted by Gasteiger charge is 2.03. The Morgan fingerprint density at radius 3 is 2.71 bits per heavy atom. The van der Waals surface area contributed by atoms with E-state index >= 15 is 0 Å². The SMILES string of the molecule is CCNc1ncc(C)c(NCCN(C)CC)n1. The van der Waals surface area contributed by atoms with Crippen LogP contribution < -0.4 is 10.6 Å². The zero-order valence-corrected chi connectivity index (χ0v) is 11.2. The van der Waals surface area contributed by atoms with Gasteiger partial charge >= 0.3 is 0 Å². The van der Waals surface area contributed by atoms with E-state index in [1.165, 1.54) is 0 Å². The predicted octanol–water partition coefficient (Wildman–Crippen LogP) is 1.58. The lowest BCUT2D eigenvalue weighted by Gasteiger charge is -2.15. The first-order valence-corrected chi connectivity index (χ1v) is 6.17. The monoisotopic (exact) mass is 237 g/mol. The average Bonchev–Trinajstić information content (AvgIpc) is 2.33. The largest absolute Gasteiger partial charge is 0.368 e. The minimum atomic E-state index is 0.685. The number of nitrogens with zero attached hydrogens (tertiary/aromatic N) is 3. The highest BCUT2D eigenvalue weighted by Crippen LogP contribution is 2.11. The van der Waals surface area contributed by atoms with Crippen LogP contribution in [-0.2, 0) is 0 Å². The molecule has 0 spiro atoms. The minimum Gasteiger partial charge on any atom is -0.368 e. The molecule has 0 bridgehead atoms. The summed E-state index contributed by atoms with van der Waals surface area (Å²) in [5, 5.41) is 6.46. The van der Waals surface area contributed by atoms with Crippen LogP contribution in [0, 0.1) is 6.92 Å². The molecule has 0 radical (unpaired) electrons. The summed E-state index contributed by atoms with van der Waals surface area (Å²) in [7, 11) is 2.11. The van der Waals surface area contributed by atoms with E-state index < -0.39 is 0 Å². The van der Waals surface area contributed by atoms with E-state index in [1.54, 1.807) is 0 Å². The minimum absolute atomic E-state index is 0.685. The molecule has 0 saturated heterocycles. The van der Waals surface area contributed by atoms with E-state index in [0.717, 1.165) is 37.6 Å². The highest BCUT2D eigenvalue weighted by molar-refractivity contribution is 5.46. The normalized spacial score (nSPS) is 10.6. The van der Waals surface area contributed by atoms with Gasteiger partial charge in [0.15, 0.2) is 0 Å². The van der Waals surface area contributed by atoms with Gasteiger partial charge in [0.25, 0.3) is 0 Å². The number of nitrogens with one attached hydrogen (secondary N) is 2. The van der Waals surface area contributed by atoms with E-state index in [2.05, 4.69) is 39.5 Å². The third-order valence-corrected chi connectivity index (χ3v) is 2.63. The fourth-order valence-electron chi connectivity index (χ4n) is 1.39. The molecular weight excluding hydrogens is 214 g/mol. The van der Waals surface area contributed by atoms with Gasteiger partial charge in [0.2, 0.25) is 5.95 Å². The van der Waals surface area contributed by atoms with Crippen molar-refractivity contribution in [2.45, 2.75) is 20.8 Å². The van der Waals surface area contributed by atoms with Gasteiger partial charge in [0.05, 0.1) is 0 Å². The van der Waals surface area contributed by atoms with Gasteiger partial charge in [0, 0.05) is 31.4 Å². The van der Waals surface area contributed by atoms with E-state index in [9.17, 15) is 0 Å². The number of rotatable bonds is 7. The third-order valence-electron chi connectivity index (χ3n) is 2.63. The Kier molecular flexibility index (Phi) is 5.69. The molecule has 2 N–H and O–H groups in total. The standard InChI is InChI=1S/C12H23N5/c1-5-13-12-15-9-10(3)11(16-12)14-7-8-17(4)6-2/h9H,5-8H2,1-4H3,(H2,13,14,15,16). The molecule has 0 saturated carbocycles. The van der Waals surface area contributed by atoms with Crippen molar-refractivity contribution in [3.63, 3.8) is 0 Å². The first-order chi connectivity index (χ1) is 8.17. The Morgan fingerprint density at radius 2 is 2.06 bits per heavy atom. The van der Waals surface area contributed by atoms with Gasteiger partial charge in [-0.15, -0.1) is 0 Å². The van der Waals surface area contributed by atoms with Gasteiger partial charge in [0.1, 0.15) is 5.82 Å². The lowest BCUT2D eigenvalue weighted by atomic mass is 10.3. The first kappa shape index (κ1) is 13.7. The molecule has 5 heteroatoms. The Bertz CT molecular complexity index is 340. The Morgan fingerprint density at radius 1 is 1.29 bits per heavy atom. The summed E-state index contributed by atoms with van der Waals surface area (Å²) < 4.78 is 0. The second-order valence-electron chi connectivity index (χ2n) is 4.08. The van der Waals surface area contributed by atoms with Crippen LogP contribution in [0.3, 0.4) is 0 Å². The van der Waals surface area contributed by atoms with Crippen LogP contribution in [0.1, 0.15) is 19.4 Å². The second-order valence-corrected chi connectivity index (χ2v) is 4.08. The first-order valence-electron chi connectivity index (χ1n) is 6.17. The van der Waals surface area contributed by atoms with Crippen molar-refractivity contribution in [3.05, 3.63) is 11.8 Å². The van der Waals surface area contributed by atoms with Crippen molar-refractivity contribution in [1.29, 1.82) is 0 Å². The van der Waals surface area contributed by atoms with Crippen LogP contribution in [0.2, 0.25) is 0 Å². The molecule has 0 fully saturated rings. The molecule has 0 atom stereocenters. The predicted molar refractivity (Wildman–Crippen MR) is 72.6 cm³/mol. The van der Waals surface area contributed by atoms with Crippen molar-refractivity contribution in [2.75, 3.05) is 43.9 Å². The molecule has 0 amide bonds. The molecule has 96 valence electrons. The summed E-state index contributed by atoms with van der Waals surface area (Å²) in [5.74, 6) is 1.60. The third kappa shape index (κ3) is 4.56. The summed E-state index contributed by atoms with van der Waals surface area (Å²) in [5.41, 5.74) is 1.07. The fraction of sp³-hybridized carbons (Fsp3) is 0.667. The van der Waals surface area contributed by atoms with Gasteiger partial charge in [-0.25, -0.2) is 4.98 Å². The number of anilines is 2. The van der Waals surface area contributed by atoms with Crippen LogP contribution >= 0.6 is 0 Å². The zero-order valence-electron chi connectivity index (χ0n) is 11.2. The molecule has 0 aliphatic rings. The van der Waals surface area contributed by atoms with Crippen molar-refractivity contribution in [1.82, 2.24) is 14.9 Å². The lowest BCUT2D eigenvalue weighted by molar-refractivity contribution is 0.367. The van der Waals surface area contributed by atoms with Gasteiger partial charge < -0.3 is 15.5 Å². The molecule has 1 aromatic heterocycles. The highest BCUT2D eigenvalue weighted by atomic mass is 15.2. The Balaban J connectivity index is 2.54. The molecule has 1 aromatic rings. The smallest absolute Gasteiger partial charge is 0.224 e. The summed E-state index contributed by atoms with van der Waals surface area (Å²) in [4.78, 5) is 10.9. The average molecular weight is 237 g/mol. The number of aromatic nitrogens is 2.